The van der Waals surface area contributed by atoms with Crippen molar-refractivity contribution < 1.29 is 5.11 Å². The maximum Gasteiger partial charge on any atom is 0.116 e. The quantitative estimate of drug-likeness (QED) is 0.811. The van der Waals surface area contributed by atoms with Gasteiger partial charge in [-0.05, 0) is 46.9 Å². The highest BCUT2D eigenvalue weighted by Gasteiger charge is 2.42. The summed E-state index contributed by atoms with van der Waals surface area (Å²) >= 11 is 0. The zero-order valence-corrected chi connectivity index (χ0v) is 13.6. The largest absolute Gasteiger partial charge is 0.508 e. The number of phenols is 1. The van der Waals surface area contributed by atoms with Crippen LogP contribution in [0.4, 0.5) is 5.69 Å². The van der Waals surface area contributed by atoms with Gasteiger partial charge in [0.15, 0.2) is 0 Å². The second kappa shape index (κ2) is 5.06. The van der Waals surface area contributed by atoms with Crippen molar-refractivity contribution in [2.24, 2.45) is 0 Å². The van der Waals surface area contributed by atoms with Crippen molar-refractivity contribution in [3.05, 3.63) is 65.2 Å². The van der Waals surface area contributed by atoms with Crippen LogP contribution in [0.25, 0.3) is 5.57 Å². The highest BCUT2D eigenvalue weighted by atomic mass is 35.5. The van der Waals surface area contributed by atoms with Gasteiger partial charge in [0.2, 0.25) is 0 Å². The maximum absolute atomic E-state index is 9.81. The average Bonchev–Trinajstić information content (AvgIpc) is 2.98. The SMILES string of the molecule is CC1(C)c2ccccc2NC1C1=CCc2ccc(O)cc21.Cl. The minimum atomic E-state index is 0. The zero-order valence-electron chi connectivity index (χ0n) is 12.8. The third kappa shape index (κ3) is 2.02. The molecular weight excluding hydrogens is 294 g/mol. The van der Waals surface area contributed by atoms with E-state index in [4.69, 9.17) is 0 Å². The second-order valence-corrected chi connectivity index (χ2v) is 6.55. The van der Waals surface area contributed by atoms with Crippen molar-refractivity contribution in [2.45, 2.75) is 31.7 Å². The van der Waals surface area contributed by atoms with Gasteiger partial charge in [-0.3, -0.25) is 0 Å². The second-order valence-electron chi connectivity index (χ2n) is 6.55. The normalized spacial score (nSPS) is 20.5. The molecule has 3 heteroatoms. The summed E-state index contributed by atoms with van der Waals surface area (Å²) in [6.07, 6.45) is 3.25. The Morgan fingerprint density at radius 1 is 1.14 bits per heavy atom. The molecule has 1 aliphatic heterocycles. The molecule has 0 radical (unpaired) electrons. The molecule has 22 heavy (non-hydrogen) atoms. The van der Waals surface area contributed by atoms with Crippen LogP contribution < -0.4 is 5.32 Å². The fraction of sp³-hybridized carbons (Fsp3) is 0.263. The molecule has 0 saturated carbocycles. The number of rotatable bonds is 1. The highest BCUT2D eigenvalue weighted by Crippen LogP contribution is 2.47. The fourth-order valence-electron chi connectivity index (χ4n) is 3.74. The fourth-order valence-corrected chi connectivity index (χ4v) is 3.74. The van der Waals surface area contributed by atoms with Crippen LogP contribution in [-0.2, 0) is 11.8 Å². The molecule has 0 bridgehead atoms. The van der Waals surface area contributed by atoms with Crippen LogP contribution in [0.1, 0.15) is 30.5 Å². The average molecular weight is 314 g/mol. The number of aromatic hydroxyl groups is 1. The Hall–Kier alpha value is -1.93. The summed E-state index contributed by atoms with van der Waals surface area (Å²) in [6.45, 7) is 4.58. The molecule has 114 valence electrons. The van der Waals surface area contributed by atoms with Gasteiger partial charge in [0.1, 0.15) is 5.75 Å². The van der Waals surface area contributed by atoms with E-state index < -0.39 is 0 Å². The van der Waals surface area contributed by atoms with E-state index in [0.29, 0.717) is 5.75 Å². The minimum absolute atomic E-state index is 0. The van der Waals surface area contributed by atoms with Crippen molar-refractivity contribution >= 4 is 23.7 Å². The van der Waals surface area contributed by atoms with E-state index in [1.807, 2.05) is 12.1 Å². The number of anilines is 1. The molecule has 0 fully saturated rings. The minimum Gasteiger partial charge on any atom is -0.508 e. The molecule has 4 rings (SSSR count). The first-order valence-electron chi connectivity index (χ1n) is 7.46. The van der Waals surface area contributed by atoms with Gasteiger partial charge in [0, 0.05) is 11.1 Å². The van der Waals surface area contributed by atoms with E-state index in [1.165, 1.54) is 28.0 Å². The molecular formula is C19H20ClNO. The number of hydrogen-bond acceptors (Lipinski definition) is 2. The lowest BCUT2D eigenvalue weighted by Crippen LogP contribution is -2.34. The molecule has 1 aliphatic carbocycles. The van der Waals surface area contributed by atoms with Crippen molar-refractivity contribution in [3.63, 3.8) is 0 Å². The van der Waals surface area contributed by atoms with Gasteiger partial charge >= 0.3 is 0 Å². The zero-order chi connectivity index (χ0) is 14.6. The Balaban J connectivity index is 0.00000144. The molecule has 0 aromatic heterocycles. The van der Waals surface area contributed by atoms with Crippen molar-refractivity contribution in [1.29, 1.82) is 0 Å². The number of para-hydroxylation sites is 1. The van der Waals surface area contributed by atoms with Gasteiger partial charge in [-0.25, -0.2) is 0 Å². The molecule has 2 N–H and O–H groups in total. The van der Waals surface area contributed by atoms with Crippen LogP contribution in [0.2, 0.25) is 0 Å². The van der Waals surface area contributed by atoms with E-state index in [-0.39, 0.29) is 23.9 Å². The van der Waals surface area contributed by atoms with Crippen LogP contribution >= 0.6 is 12.4 Å². The molecule has 1 atom stereocenters. The summed E-state index contributed by atoms with van der Waals surface area (Å²) in [4.78, 5) is 0. The maximum atomic E-state index is 9.81. The van der Waals surface area contributed by atoms with Crippen LogP contribution in [0.5, 0.6) is 5.75 Å². The molecule has 0 spiro atoms. The third-order valence-corrected chi connectivity index (χ3v) is 4.90. The number of allylic oxidation sites excluding steroid dienone is 1. The molecule has 2 aromatic carbocycles. The smallest absolute Gasteiger partial charge is 0.116 e. The van der Waals surface area contributed by atoms with Gasteiger partial charge < -0.3 is 10.4 Å². The van der Waals surface area contributed by atoms with Crippen molar-refractivity contribution in [1.82, 2.24) is 0 Å². The van der Waals surface area contributed by atoms with E-state index in [2.05, 4.69) is 49.5 Å². The van der Waals surface area contributed by atoms with Crippen LogP contribution in [0.3, 0.4) is 0 Å². The standard InChI is InChI=1S/C19H19NO.ClH/c1-19(2)16-5-3-4-6-17(16)20-18(19)14-10-8-12-7-9-13(21)11-15(12)14;/h3-7,9-11,18,20-21H,8H2,1-2H3;1H. The first kappa shape index (κ1) is 15.0. The number of hydrogen-bond donors (Lipinski definition) is 2. The summed E-state index contributed by atoms with van der Waals surface area (Å²) in [6, 6.07) is 14.5. The van der Waals surface area contributed by atoms with Gasteiger partial charge in [0.25, 0.3) is 0 Å². The summed E-state index contributed by atoms with van der Waals surface area (Å²) < 4.78 is 0. The molecule has 0 saturated heterocycles. The number of fused-ring (bicyclic) bond motifs is 2. The lowest BCUT2D eigenvalue weighted by molar-refractivity contribution is 0.474. The molecule has 2 aromatic rings. The lowest BCUT2D eigenvalue weighted by atomic mass is 9.76. The summed E-state index contributed by atoms with van der Waals surface area (Å²) in [5.41, 5.74) is 6.42. The van der Waals surface area contributed by atoms with Gasteiger partial charge in [-0.2, -0.15) is 0 Å². The topological polar surface area (TPSA) is 32.3 Å². The Kier molecular flexibility index (Phi) is 3.45. The van der Waals surface area contributed by atoms with Crippen LogP contribution in [0.15, 0.2) is 48.5 Å². The van der Waals surface area contributed by atoms with Gasteiger partial charge in [-0.15, -0.1) is 12.4 Å². The summed E-state index contributed by atoms with van der Waals surface area (Å²) in [5.74, 6) is 0.342. The number of halogens is 1. The Morgan fingerprint density at radius 3 is 2.68 bits per heavy atom. The Bertz CT molecular complexity index is 764. The number of benzene rings is 2. The molecule has 1 heterocycles. The predicted octanol–water partition coefficient (Wildman–Crippen LogP) is 4.53. The monoisotopic (exact) mass is 313 g/mol. The summed E-state index contributed by atoms with van der Waals surface area (Å²) in [7, 11) is 0. The Morgan fingerprint density at radius 2 is 1.91 bits per heavy atom. The van der Waals surface area contributed by atoms with Crippen LogP contribution in [0, 0.1) is 0 Å². The molecule has 2 aliphatic rings. The molecule has 2 nitrogen and oxygen atoms in total. The van der Waals surface area contributed by atoms with Gasteiger partial charge in [0.05, 0.1) is 6.04 Å². The first-order chi connectivity index (χ1) is 10.1. The van der Waals surface area contributed by atoms with E-state index in [0.717, 1.165) is 6.42 Å². The lowest BCUT2D eigenvalue weighted by Gasteiger charge is -2.29. The van der Waals surface area contributed by atoms with Crippen molar-refractivity contribution in [2.75, 3.05) is 5.32 Å². The van der Waals surface area contributed by atoms with Crippen LogP contribution in [-0.4, -0.2) is 11.1 Å². The third-order valence-electron chi connectivity index (χ3n) is 4.90. The van der Waals surface area contributed by atoms with E-state index >= 15 is 0 Å². The number of phenolic OH excluding ortho intramolecular Hbond substituents is 1. The van der Waals surface area contributed by atoms with Gasteiger partial charge in [-0.1, -0.05) is 44.2 Å². The van der Waals surface area contributed by atoms with E-state index in [9.17, 15) is 5.11 Å². The highest BCUT2D eigenvalue weighted by molar-refractivity contribution is 5.85. The molecule has 1 unspecified atom stereocenters. The molecule has 0 amide bonds. The van der Waals surface area contributed by atoms with Crippen molar-refractivity contribution in [3.8, 4) is 5.75 Å². The summed E-state index contributed by atoms with van der Waals surface area (Å²) in [5, 5.41) is 13.5. The predicted molar refractivity (Wildman–Crippen MR) is 93.9 cm³/mol. The number of nitrogens with one attached hydrogen (secondary N) is 1. The Labute approximate surface area is 137 Å². The van der Waals surface area contributed by atoms with E-state index in [1.54, 1.807) is 6.07 Å². The first-order valence-corrected chi connectivity index (χ1v) is 7.46.